The molecule has 4 rings (SSSR count). The molecule has 0 bridgehead atoms. The van der Waals surface area contributed by atoms with E-state index in [9.17, 15) is 10.2 Å². The van der Waals surface area contributed by atoms with Gasteiger partial charge in [0.15, 0.2) is 17.3 Å². The number of hydrogen-bond acceptors (Lipinski definition) is 7. The zero-order valence-corrected chi connectivity index (χ0v) is 20.4. The fourth-order valence-corrected chi connectivity index (χ4v) is 3.21. The van der Waals surface area contributed by atoms with Gasteiger partial charge in [0.1, 0.15) is 6.07 Å². The Morgan fingerprint density at radius 2 is 1.36 bits per heavy atom. The van der Waals surface area contributed by atoms with Crippen LogP contribution in [0.2, 0.25) is 0 Å². The number of aromatic hydroxyl groups is 2. The van der Waals surface area contributed by atoms with Gasteiger partial charge >= 0.3 is 0 Å². The summed E-state index contributed by atoms with van der Waals surface area (Å²) in [5.41, 5.74) is -1.16. The normalized spacial score (nSPS) is 11.6. The van der Waals surface area contributed by atoms with Gasteiger partial charge in [0.05, 0.1) is 11.1 Å². The van der Waals surface area contributed by atoms with Gasteiger partial charge in [0.2, 0.25) is 11.8 Å². The monoisotopic (exact) mass is 627 g/mol. The molecular formula is C20H20N10O2Pt. The Morgan fingerprint density at radius 3 is 1.79 bits per heavy atom. The summed E-state index contributed by atoms with van der Waals surface area (Å²) in [6, 6.07) is 7.81. The standard InChI is InChI=1S/C20H20N10O2.Pt/c1-19(2,27-8-6-15(25-27)29-17(31)10-13(12-21)23-29)20(3,4)28-9-7-16(26-28)30-18(32)11-14(22-5)24-30;/h6-11,31-32H,1-4H3;. The topological polar surface area (TPSA) is 140 Å². The third kappa shape index (κ3) is 3.79. The summed E-state index contributed by atoms with van der Waals surface area (Å²) in [4.78, 5) is 3.22. The van der Waals surface area contributed by atoms with Crippen LogP contribution in [0.4, 0.5) is 5.82 Å². The van der Waals surface area contributed by atoms with E-state index in [2.05, 4.69) is 25.2 Å². The SMILES string of the molecule is [C-]#[N+]c1cc(O)n(-c2ccn(C(C)(C)C(C)(C)n3ccc(-n4nc(C#N)cc4O)n3)n2)n1.[Pt]. The molecule has 2 N–H and O–H groups in total. The number of nitrogens with zero attached hydrogens (tertiary/aromatic N) is 10. The molecule has 0 saturated carbocycles. The van der Waals surface area contributed by atoms with E-state index in [0.717, 1.165) is 0 Å². The molecule has 0 aromatic carbocycles. The van der Waals surface area contributed by atoms with Crippen LogP contribution in [0.15, 0.2) is 36.7 Å². The first-order valence-corrected chi connectivity index (χ1v) is 9.57. The number of aromatic nitrogens is 8. The molecule has 0 atom stereocenters. The van der Waals surface area contributed by atoms with Crippen molar-refractivity contribution in [3.63, 3.8) is 0 Å². The molecule has 0 radical (unpaired) electrons. The van der Waals surface area contributed by atoms with E-state index in [0.29, 0.717) is 11.6 Å². The first-order valence-electron chi connectivity index (χ1n) is 9.57. The zero-order chi connectivity index (χ0) is 23.3. The van der Waals surface area contributed by atoms with Crippen molar-refractivity contribution in [3.05, 3.63) is 53.8 Å². The maximum absolute atomic E-state index is 10.1. The molecule has 0 aliphatic heterocycles. The maximum atomic E-state index is 10.1. The van der Waals surface area contributed by atoms with Crippen molar-refractivity contribution in [2.75, 3.05) is 0 Å². The fraction of sp³-hybridized carbons (Fsp3) is 0.300. The van der Waals surface area contributed by atoms with Gasteiger partial charge in [0.25, 0.3) is 5.82 Å². The average Bonchev–Trinajstić information content (AvgIpc) is 3.53. The summed E-state index contributed by atoms with van der Waals surface area (Å²) in [5, 5.41) is 46.3. The van der Waals surface area contributed by atoms with E-state index >= 15 is 0 Å². The summed E-state index contributed by atoms with van der Waals surface area (Å²) in [6.45, 7) is 15.0. The predicted molar refractivity (Wildman–Crippen MR) is 112 cm³/mol. The average molecular weight is 628 g/mol. The number of nitriles is 1. The first-order chi connectivity index (χ1) is 15.1. The van der Waals surface area contributed by atoms with Gasteiger partial charge in [0, 0.05) is 57.7 Å². The van der Waals surface area contributed by atoms with Gasteiger partial charge in [-0.25, -0.2) is 0 Å². The molecular weight excluding hydrogens is 607 g/mol. The van der Waals surface area contributed by atoms with Crippen LogP contribution in [-0.2, 0) is 32.1 Å². The van der Waals surface area contributed by atoms with Gasteiger partial charge in [-0.1, -0.05) is 6.57 Å². The second-order valence-electron chi connectivity index (χ2n) is 8.15. The Hall–Kier alpha value is -3.89. The summed E-state index contributed by atoms with van der Waals surface area (Å²) in [6.07, 6.45) is 3.52. The van der Waals surface area contributed by atoms with E-state index in [-0.39, 0.29) is 44.3 Å². The Balaban J connectivity index is 0.00000306. The van der Waals surface area contributed by atoms with Crippen LogP contribution in [0.25, 0.3) is 16.5 Å². The number of hydrogen-bond donors (Lipinski definition) is 2. The van der Waals surface area contributed by atoms with E-state index in [4.69, 9.17) is 11.8 Å². The van der Waals surface area contributed by atoms with E-state index in [1.807, 2.05) is 33.8 Å². The molecule has 0 unspecified atom stereocenters. The Morgan fingerprint density at radius 1 is 0.879 bits per heavy atom. The van der Waals surface area contributed by atoms with E-state index < -0.39 is 11.1 Å². The summed E-state index contributed by atoms with van der Waals surface area (Å²) in [5.74, 6) is 0.446. The molecule has 13 heteroatoms. The van der Waals surface area contributed by atoms with Crippen LogP contribution in [0.3, 0.4) is 0 Å². The van der Waals surface area contributed by atoms with Crippen molar-refractivity contribution in [2.24, 2.45) is 0 Å². The third-order valence-electron chi connectivity index (χ3n) is 5.82. The van der Waals surface area contributed by atoms with E-state index in [1.54, 1.807) is 33.9 Å². The smallest absolute Gasteiger partial charge is 0.299 e. The van der Waals surface area contributed by atoms with Gasteiger partial charge in [-0.3, -0.25) is 9.36 Å². The maximum Gasteiger partial charge on any atom is 0.299 e. The molecule has 4 aromatic heterocycles. The van der Waals surface area contributed by atoms with Crippen LogP contribution in [0.1, 0.15) is 33.4 Å². The molecule has 4 aromatic rings. The molecule has 0 amide bonds. The van der Waals surface area contributed by atoms with Crippen molar-refractivity contribution in [1.29, 1.82) is 5.26 Å². The van der Waals surface area contributed by atoms with Crippen LogP contribution >= 0.6 is 0 Å². The molecule has 0 spiro atoms. The minimum absolute atomic E-state index is 0. The van der Waals surface area contributed by atoms with Crippen LogP contribution in [0, 0.1) is 17.9 Å². The molecule has 0 saturated heterocycles. The van der Waals surface area contributed by atoms with Gasteiger partial charge in [-0.2, -0.15) is 25.2 Å². The Kier molecular flexibility index (Phi) is 5.92. The summed E-state index contributed by atoms with van der Waals surface area (Å²) < 4.78 is 5.87. The molecule has 0 fully saturated rings. The molecule has 12 nitrogen and oxygen atoms in total. The fourth-order valence-electron chi connectivity index (χ4n) is 3.21. The van der Waals surface area contributed by atoms with Gasteiger partial charge in [-0.05, 0) is 32.8 Å². The number of rotatable bonds is 5. The summed E-state index contributed by atoms with van der Waals surface area (Å²) in [7, 11) is 0. The minimum Gasteiger partial charge on any atom is -0.493 e. The quantitative estimate of drug-likeness (QED) is 0.324. The predicted octanol–water partition coefficient (Wildman–Crippen LogP) is 2.45. The molecule has 33 heavy (non-hydrogen) atoms. The third-order valence-corrected chi connectivity index (χ3v) is 5.82. The van der Waals surface area contributed by atoms with Crippen molar-refractivity contribution >= 4 is 5.82 Å². The molecule has 0 aliphatic rings. The van der Waals surface area contributed by atoms with Crippen LogP contribution in [-0.4, -0.2) is 49.3 Å². The van der Waals surface area contributed by atoms with Crippen molar-refractivity contribution in [3.8, 4) is 29.5 Å². The zero-order valence-electron chi connectivity index (χ0n) is 18.1. The molecule has 4 heterocycles. The van der Waals surface area contributed by atoms with Crippen molar-refractivity contribution < 1.29 is 31.3 Å². The Bertz CT molecular complexity index is 1290. The van der Waals surface area contributed by atoms with Crippen LogP contribution in [0.5, 0.6) is 11.8 Å². The second kappa shape index (κ2) is 8.23. The molecule has 0 aliphatic carbocycles. The van der Waals surface area contributed by atoms with Gasteiger partial charge in [-0.15, -0.1) is 4.68 Å². The van der Waals surface area contributed by atoms with Crippen LogP contribution < -0.4 is 0 Å². The minimum atomic E-state index is -0.622. The van der Waals surface area contributed by atoms with Gasteiger partial charge < -0.3 is 15.1 Å². The second-order valence-corrected chi connectivity index (χ2v) is 8.15. The summed E-state index contributed by atoms with van der Waals surface area (Å²) >= 11 is 0. The van der Waals surface area contributed by atoms with E-state index in [1.165, 1.54) is 21.5 Å². The van der Waals surface area contributed by atoms with Crippen molar-refractivity contribution in [2.45, 2.75) is 38.8 Å². The van der Waals surface area contributed by atoms with Crippen molar-refractivity contribution in [1.82, 2.24) is 39.1 Å². The molecule has 172 valence electrons. The first kappa shape index (κ1) is 23.8. The largest absolute Gasteiger partial charge is 0.493 e. The Labute approximate surface area is 203 Å².